The Bertz CT molecular complexity index is 2300. The Morgan fingerprint density at radius 2 is 1.46 bits per heavy atom. The molecule has 0 radical (unpaired) electrons. The van der Waals surface area contributed by atoms with Gasteiger partial charge >= 0.3 is 0 Å². The molecule has 2 N–H and O–H groups in total. The molecule has 2 aromatic carbocycles. The van der Waals surface area contributed by atoms with Gasteiger partial charge in [0.25, 0.3) is 5.91 Å². The molecule has 1 atom stereocenters. The summed E-state index contributed by atoms with van der Waals surface area (Å²) in [6.45, 7) is 8.43. The third-order valence-corrected chi connectivity index (χ3v) is 12.5. The molecule has 1 saturated carbocycles. The van der Waals surface area contributed by atoms with E-state index in [0.717, 1.165) is 107 Å². The lowest BCUT2D eigenvalue weighted by molar-refractivity contribution is -0.134. The second-order valence-electron chi connectivity index (χ2n) is 16.5. The predicted molar refractivity (Wildman–Crippen MR) is 230 cm³/mol. The minimum absolute atomic E-state index is 0.0201. The second kappa shape index (κ2) is 16.7. The van der Waals surface area contributed by atoms with E-state index in [2.05, 4.69) is 82.2 Å². The summed E-state index contributed by atoms with van der Waals surface area (Å²) < 4.78 is 2.13. The Morgan fingerprint density at radius 1 is 0.780 bits per heavy atom. The van der Waals surface area contributed by atoms with Gasteiger partial charge in [-0.2, -0.15) is 4.98 Å². The number of benzene rings is 2. The van der Waals surface area contributed by atoms with Gasteiger partial charge in [0, 0.05) is 108 Å². The number of piperazine rings is 2. The van der Waals surface area contributed by atoms with E-state index in [1.807, 2.05) is 30.5 Å². The summed E-state index contributed by atoms with van der Waals surface area (Å²) in [5, 5.41) is 6.63. The largest absolute Gasteiger partial charge is 0.369 e. The van der Waals surface area contributed by atoms with Crippen LogP contribution < -0.4 is 25.3 Å². The van der Waals surface area contributed by atoms with Crippen molar-refractivity contribution in [1.29, 1.82) is 0 Å². The molecular weight excluding hydrogens is 743 g/mol. The number of pyridine rings is 1. The number of fused-ring (bicyclic) bond motifs is 1. The Labute approximate surface area is 345 Å². The maximum Gasteiger partial charge on any atom is 0.270 e. The number of hydrogen-bond acceptors (Lipinski definition) is 11. The zero-order valence-corrected chi connectivity index (χ0v) is 34.0. The molecule has 0 bridgehead atoms. The van der Waals surface area contributed by atoms with E-state index in [1.165, 1.54) is 16.9 Å². The summed E-state index contributed by atoms with van der Waals surface area (Å²) in [5.41, 5.74) is 7.28. The van der Waals surface area contributed by atoms with Gasteiger partial charge in [0.15, 0.2) is 0 Å². The van der Waals surface area contributed by atoms with E-state index in [9.17, 15) is 14.4 Å². The van der Waals surface area contributed by atoms with Crippen molar-refractivity contribution in [3.05, 3.63) is 95.9 Å². The normalized spacial score (nSPS) is 19.4. The fraction of sp³-hybridized carbons (Fsp3) is 0.422. The van der Waals surface area contributed by atoms with Gasteiger partial charge in [0.2, 0.25) is 17.8 Å². The summed E-state index contributed by atoms with van der Waals surface area (Å²) in [5.74, 6) is 0.510. The summed E-state index contributed by atoms with van der Waals surface area (Å²) >= 11 is 0. The first-order chi connectivity index (χ1) is 28.8. The molecule has 6 heterocycles. The number of anilines is 5. The van der Waals surface area contributed by atoms with Crippen molar-refractivity contribution in [2.45, 2.75) is 57.0 Å². The maximum atomic E-state index is 13.1. The van der Waals surface area contributed by atoms with Crippen LogP contribution in [0.4, 0.5) is 28.8 Å². The molecular formula is C45H53N11O3. The van der Waals surface area contributed by atoms with E-state index >= 15 is 0 Å². The van der Waals surface area contributed by atoms with Crippen LogP contribution in [0, 0.1) is 0 Å². The SMILES string of the molecule is CN(C)C(=O)c1cc2cnc(Nc3ccc(N4CCN(c5cccc(N6CCN(Cc7ccc(C8CCC(=O)NC8=O)cc7)CC6)c5)CC4)cn3)nc2n1C1CCCC1. The fourth-order valence-electron chi connectivity index (χ4n) is 9.15. The van der Waals surface area contributed by atoms with Crippen molar-refractivity contribution in [3.8, 4) is 0 Å². The predicted octanol–water partition coefficient (Wildman–Crippen LogP) is 5.56. The first-order valence-electron chi connectivity index (χ1n) is 21.1. The standard InChI is InChI=1S/C45H53N11O3/c1-51(2)44(59)39-26-33-28-47-45(50-42(33)56(39)34-6-3-4-7-34)48-40-16-14-37(29-46-40)55-24-22-54(23-25-55)36-9-5-8-35(27-36)53-20-18-52(19-21-53)30-31-10-12-32(13-11-31)38-15-17-41(57)49-43(38)58/h5,8-14,16,26-29,34,38H,3-4,6-7,15,17-25,30H2,1-2H3,(H,49,57,58)(H,46,47,48,50). The monoisotopic (exact) mass is 795 g/mol. The molecule has 3 aromatic heterocycles. The van der Waals surface area contributed by atoms with Crippen LogP contribution in [-0.4, -0.2) is 113 Å². The number of hydrogen-bond donors (Lipinski definition) is 2. The van der Waals surface area contributed by atoms with Crippen LogP contribution in [0.25, 0.3) is 11.0 Å². The van der Waals surface area contributed by atoms with E-state index in [1.54, 1.807) is 25.2 Å². The third kappa shape index (κ3) is 8.31. The molecule has 4 aliphatic rings. The fourth-order valence-corrected chi connectivity index (χ4v) is 9.15. The number of carbonyl (C=O) groups excluding carboxylic acids is 3. The zero-order chi connectivity index (χ0) is 40.5. The van der Waals surface area contributed by atoms with Gasteiger partial charge in [0.1, 0.15) is 17.2 Å². The molecule has 59 heavy (non-hydrogen) atoms. The minimum atomic E-state index is -0.244. The van der Waals surface area contributed by atoms with Crippen LogP contribution in [0.1, 0.15) is 72.1 Å². The van der Waals surface area contributed by atoms with Gasteiger partial charge in [-0.1, -0.05) is 43.2 Å². The Kier molecular flexibility index (Phi) is 10.9. The number of aromatic nitrogens is 4. The molecule has 14 heteroatoms. The topological polar surface area (TPSA) is 135 Å². The van der Waals surface area contributed by atoms with Crippen LogP contribution in [-0.2, 0) is 16.1 Å². The average Bonchev–Trinajstić information content (AvgIpc) is 3.93. The van der Waals surface area contributed by atoms with Crippen molar-refractivity contribution in [3.63, 3.8) is 0 Å². The minimum Gasteiger partial charge on any atom is -0.369 e. The number of imide groups is 1. The molecule has 3 aliphatic heterocycles. The smallest absolute Gasteiger partial charge is 0.270 e. The van der Waals surface area contributed by atoms with Crippen LogP contribution in [0.2, 0.25) is 0 Å². The molecule has 306 valence electrons. The molecule has 3 saturated heterocycles. The summed E-state index contributed by atoms with van der Waals surface area (Å²) in [6, 6.07) is 23.6. The zero-order valence-electron chi connectivity index (χ0n) is 34.0. The Morgan fingerprint density at radius 3 is 2.10 bits per heavy atom. The molecule has 0 spiro atoms. The maximum absolute atomic E-state index is 13.1. The van der Waals surface area contributed by atoms with Crippen molar-refractivity contribution < 1.29 is 14.4 Å². The highest BCUT2D eigenvalue weighted by molar-refractivity contribution is 6.01. The van der Waals surface area contributed by atoms with Gasteiger partial charge in [-0.15, -0.1) is 0 Å². The molecule has 1 aliphatic carbocycles. The average molecular weight is 796 g/mol. The third-order valence-electron chi connectivity index (χ3n) is 12.5. The van der Waals surface area contributed by atoms with E-state index in [4.69, 9.17) is 9.97 Å². The van der Waals surface area contributed by atoms with Gasteiger partial charge < -0.3 is 29.5 Å². The van der Waals surface area contributed by atoms with Crippen LogP contribution in [0.5, 0.6) is 0 Å². The molecule has 5 aromatic rings. The van der Waals surface area contributed by atoms with Crippen LogP contribution in [0.3, 0.4) is 0 Å². The van der Waals surface area contributed by atoms with Crippen LogP contribution >= 0.6 is 0 Å². The van der Waals surface area contributed by atoms with E-state index in [0.29, 0.717) is 30.3 Å². The molecule has 3 amide bonds. The molecule has 9 rings (SSSR count). The summed E-state index contributed by atoms with van der Waals surface area (Å²) in [4.78, 5) is 62.6. The van der Waals surface area contributed by atoms with Crippen molar-refractivity contribution in [1.82, 2.24) is 34.6 Å². The van der Waals surface area contributed by atoms with Gasteiger partial charge in [-0.3, -0.25) is 24.6 Å². The van der Waals surface area contributed by atoms with Crippen molar-refractivity contribution in [2.24, 2.45) is 0 Å². The second-order valence-corrected chi connectivity index (χ2v) is 16.5. The van der Waals surface area contributed by atoms with Gasteiger partial charge in [-0.05, 0) is 66.8 Å². The Hall–Kier alpha value is -6.02. The number of rotatable bonds is 10. The lowest BCUT2D eigenvalue weighted by Gasteiger charge is -2.39. The highest BCUT2D eigenvalue weighted by Gasteiger charge is 2.29. The first kappa shape index (κ1) is 38.5. The summed E-state index contributed by atoms with van der Waals surface area (Å²) in [6.07, 6.45) is 9.09. The number of piperidine rings is 1. The highest BCUT2D eigenvalue weighted by atomic mass is 16.2. The van der Waals surface area contributed by atoms with E-state index < -0.39 is 0 Å². The lowest BCUT2D eigenvalue weighted by Crippen LogP contribution is -2.47. The molecule has 14 nitrogen and oxygen atoms in total. The molecule has 4 fully saturated rings. The number of nitrogens with zero attached hydrogens (tertiary/aromatic N) is 9. The van der Waals surface area contributed by atoms with Gasteiger partial charge in [-0.25, -0.2) is 9.97 Å². The van der Waals surface area contributed by atoms with Crippen molar-refractivity contribution in [2.75, 3.05) is 86.5 Å². The summed E-state index contributed by atoms with van der Waals surface area (Å²) in [7, 11) is 3.57. The number of amides is 3. The lowest BCUT2D eigenvalue weighted by atomic mass is 9.90. The number of carbonyl (C=O) groups is 3. The van der Waals surface area contributed by atoms with Crippen molar-refractivity contribution >= 4 is 57.6 Å². The Balaban J connectivity index is 0.768. The highest BCUT2D eigenvalue weighted by Crippen LogP contribution is 2.35. The molecule has 1 unspecified atom stereocenters. The first-order valence-corrected chi connectivity index (χ1v) is 21.1. The van der Waals surface area contributed by atoms with Crippen LogP contribution in [0.15, 0.2) is 79.1 Å². The quantitative estimate of drug-likeness (QED) is 0.172. The number of nitrogens with one attached hydrogen (secondary N) is 2. The van der Waals surface area contributed by atoms with Gasteiger partial charge in [0.05, 0.1) is 17.8 Å². The van der Waals surface area contributed by atoms with E-state index in [-0.39, 0.29) is 29.7 Å².